The summed E-state index contributed by atoms with van der Waals surface area (Å²) >= 11 is 0. The van der Waals surface area contributed by atoms with Gasteiger partial charge in [0.2, 0.25) is 0 Å². The second-order valence-electron chi connectivity index (χ2n) is 16.3. The highest BCUT2D eigenvalue weighted by atomic mass is 14.8. The van der Waals surface area contributed by atoms with E-state index in [0.29, 0.717) is 47.3 Å². The molecule has 0 saturated heterocycles. The van der Waals surface area contributed by atoms with Crippen LogP contribution in [0.3, 0.4) is 0 Å². The molecule has 0 fully saturated rings. The number of rotatable bonds is 0. The molecule has 16 bridgehead atoms. The minimum atomic E-state index is 0. The summed E-state index contributed by atoms with van der Waals surface area (Å²) in [4.78, 5) is 19.2. The molecule has 0 radical (unpaired) electrons. The number of aromatic nitrogens is 4. The molecular formula is C47H50N4. The lowest BCUT2D eigenvalue weighted by Gasteiger charge is -2.33. The highest BCUT2D eigenvalue weighted by Gasteiger charge is 2.41. The van der Waals surface area contributed by atoms with Gasteiger partial charge in [0.15, 0.2) is 0 Å². The van der Waals surface area contributed by atoms with Gasteiger partial charge >= 0.3 is 0 Å². The molecule has 17 rings (SSSR count). The third-order valence-electron chi connectivity index (χ3n) is 14.0. The summed E-state index contributed by atoms with van der Waals surface area (Å²) in [6, 6.07) is 9.78. The van der Waals surface area contributed by atoms with Gasteiger partial charge < -0.3 is 9.97 Å². The summed E-state index contributed by atoms with van der Waals surface area (Å²) in [5.41, 5.74) is 21.9. The molecule has 51 heavy (non-hydrogen) atoms. The number of hydrogen-bond donors (Lipinski definition) is 2. The molecule has 8 atom stereocenters. The molecule has 0 spiro atoms. The average molecular weight is 671 g/mol. The standard InChI is InChI=1S/C44H38N4.3CH4/c1-2-22-4-3-21(1)37-29-17-31-39-23-5-7-25(8-6-23)41(39)33(46-31)19-35-43-27-13-15-28(16-14-27)44(43)36(48-35)20-34-42-26-11-9-24(10-12-26)40(42)32(47-34)18-30(45-29)38(22)37;;;/h1-2,5,7,9,11,13,15,17-28,45-46H,3-4,6,8,10,12,14,16H2;3*1H4. The van der Waals surface area contributed by atoms with Gasteiger partial charge in [-0.15, -0.1) is 0 Å². The van der Waals surface area contributed by atoms with E-state index in [0.717, 1.165) is 11.4 Å². The first-order valence-electron chi connectivity index (χ1n) is 18.8. The van der Waals surface area contributed by atoms with Crippen LogP contribution in [0.1, 0.15) is 142 Å². The zero-order valence-corrected chi connectivity index (χ0v) is 27.1. The van der Waals surface area contributed by atoms with E-state index >= 15 is 0 Å². The molecule has 4 nitrogen and oxygen atoms in total. The normalized spacial score (nSPS) is 31.5. The molecule has 3 aromatic rings. The fraction of sp³-hybridized carbons (Fsp3) is 0.404. The fourth-order valence-corrected chi connectivity index (χ4v) is 12.0. The summed E-state index contributed by atoms with van der Waals surface area (Å²) in [7, 11) is 0. The van der Waals surface area contributed by atoms with E-state index in [1.807, 2.05) is 0 Å². The van der Waals surface area contributed by atoms with Crippen LogP contribution in [0.25, 0.3) is 44.4 Å². The first-order chi connectivity index (χ1) is 23.7. The zero-order chi connectivity index (χ0) is 30.8. The maximum atomic E-state index is 5.57. The SMILES string of the molecule is C.C.C.C1=CC2CCC1C1=C2c2cc3[nH]c(cc4[nH]c(cc5nc(cc1n2)C1=C5C2C=CC1CC2)c1c4C2C=CC1CC2)c1c3C2C=CC1CC2. The van der Waals surface area contributed by atoms with E-state index in [1.54, 1.807) is 0 Å². The van der Waals surface area contributed by atoms with Crippen LogP contribution in [0.4, 0.5) is 0 Å². The van der Waals surface area contributed by atoms with E-state index in [2.05, 4.69) is 82.8 Å². The van der Waals surface area contributed by atoms with Crippen LogP contribution in [0.2, 0.25) is 0 Å². The Bertz CT molecular complexity index is 2250. The van der Waals surface area contributed by atoms with Crippen molar-refractivity contribution in [1.29, 1.82) is 0 Å². The molecule has 8 unspecified atom stereocenters. The third-order valence-corrected chi connectivity index (χ3v) is 14.0. The van der Waals surface area contributed by atoms with Crippen LogP contribution in [0.5, 0.6) is 0 Å². The molecule has 258 valence electrons. The van der Waals surface area contributed by atoms with Crippen LogP contribution in [0, 0.1) is 23.7 Å². The first kappa shape index (κ1) is 31.3. The van der Waals surface area contributed by atoms with Gasteiger partial charge in [-0.3, -0.25) is 0 Å². The average Bonchev–Trinajstić information content (AvgIpc) is 3.92. The predicted molar refractivity (Wildman–Crippen MR) is 213 cm³/mol. The smallest absolute Gasteiger partial charge is 0.0700 e. The maximum absolute atomic E-state index is 5.57. The van der Waals surface area contributed by atoms with E-state index in [1.165, 1.54) is 129 Å². The predicted octanol–water partition coefficient (Wildman–Crippen LogP) is 12.3. The van der Waals surface area contributed by atoms with Crippen LogP contribution >= 0.6 is 0 Å². The maximum Gasteiger partial charge on any atom is 0.0700 e. The van der Waals surface area contributed by atoms with E-state index in [-0.39, 0.29) is 22.3 Å². The number of aromatic amines is 2. The van der Waals surface area contributed by atoms with Gasteiger partial charge in [-0.1, -0.05) is 70.9 Å². The second-order valence-corrected chi connectivity index (χ2v) is 16.3. The molecule has 0 amide bonds. The van der Waals surface area contributed by atoms with Gasteiger partial charge in [0, 0.05) is 69.4 Å². The molecule has 0 saturated carbocycles. The Hall–Kier alpha value is -4.44. The molecule has 12 aliphatic carbocycles. The van der Waals surface area contributed by atoms with Crippen molar-refractivity contribution in [2.24, 2.45) is 23.7 Å². The summed E-state index contributed by atoms with van der Waals surface area (Å²) in [6.07, 6.45) is 29.7. The lowest BCUT2D eigenvalue weighted by molar-refractivity contribution is 0.557. The van der Waals surface area contributed by atoms with Crippen molar-refractivity contribution < 1.29 is 0 Å². The summed E-state index contributed by atoms with van der Waals surface area (Å²) in [6.45, 7) is 0. The summed E-state index contributed by atoms with van der Waals surface area (Å²) in [5, 5.41) is 0. The lowest BCUT2D eigenvalue weighted by Crippen LogP contribution is -2.19. The van der Waals surface area contributed by atoms with Crippen LogP contribution in [0.15, 0.2) is 72.9 Å². The van der Waals surface area contributed by atoms with Crippen LogP contribution in [-0.2, 0) is 0 Å². The molecule has 2 aliphatic heterocycles. The highest BCUT2D eigenvalue weighted by molar-refractivity contribution is 6.01. The topological polar surface area (TPSA) is 57.4 Å². The summed E-state index contributed by atoms with van der Waals surface area (Å²) in [5.74, 6) is 3.74. The minimum absolute atomic E-state index is 0. The van der Waals surface area contributed by atoms with Crippen molar-refractivity contribution in [1.82, 2.24) is 19.9 Å². The molecule has 4 heteroatoms. The Labute approximate surface area is 302 Å². The van der Waals surface area contributed by atoms with E-state index in [9.17, 15) is 0 Å². The second kappa shape index (κ2) is 10.8. The number of nitrogens with zero attached hydrogens (tertiary/aromatic N) is 2. The molecule has 2 N–H and O–H groups in total. The van der Waals surface area contributed by atoms with Gasteiger partial charge in [-0.2, -0.15) is 0 Å². The number of nitrogens with one attached hydrogen (secondary N) is 2. The third kappa shape index (κ3) is 3.97. The fourth-order valence-electron chi connectivity index (χ4n) is 12.0. The van der Waals surface area contributed by atoms with Crippen molar-refractivity contribution in [2.45, 2.75) is 97.3 Å². The van der Waals surface area contributed by atoms with Crippen LogP contribution < -0.4 is 0 Å². The zero-order valence-electron chi connectivity index (χ0n) is 27.1. The minimum Gasteiger partial charge on any atom is -0.355 e. The van der Waals surface area contributed by atoms with Crippen molar-refractivity contribution in [3.05, 3.63) is 118 Å². The van der Waals surface area contributed by atoms with Gasteiger partial charge in [-0.25, -0.2) is 9.97 Å². The molecule has 14 aliphatic rings. The van der Waals surface area contributed by atoms with Gasteiger partial charge in [0.1, 0.15) is 0 Å². The van der Waals surface area contributed by atoms with Crippen molar-refractivity contribution >= 4 is 44.4 Å². The van der Waals surface area contributed by atoms with Crippen molar-refractivity contribution in [3.63, 3.8) is 0 Å². The van der Waals surface area contributed by atoms with Crippen molar-refractivity contribution in [3.8, 4) is 0 Å². The van der Waals surface area contributed by atoms with E-state index < -0.39 is 0 Å². The summed E-state index contributed by atoms with van der Waals surface area (Å²) < 4.78 is 0. The Kier molecular flexibility index (Phi) is 6.62. The van der Waals surface area contributed by atoms with Crippen LogP contribution in [-0.4, -0.2) is 19.9 Å². The lowest BCUT2D eigenvalue weighted by atomic mass is 9.69. The molecular weight excluding hydrogens is 621 g/mol. The first-order valence-corrected chi connectivity index (χ1v) is 18.8. The Morgan fingerprint density at radius 2 is 0.588 bits per heavy atom. The largest absolute Gasteiger partial charge is 0.355 e. The number of H-pyrrole nitrogens is 2. The molecule has 5 heterocycles. The van der Waals surface area contributed by atoms with Gasteiger partial charge in [0.05, 0.1) is 22.8 Å². The molecule has 0 aromatic carbocycles. The Morgan fingerprint density at radius 3 is 0.882 bits per heavy atom. The van der Waals surface area contributed by atoms with Crippen molar-refractivity contribution in [2.75, 3.05) is 0 Å². The number of hydrogen-bond acceptors (Lipinski definition) is 2. The Balaban J connectivity index is 0.00000109. The highest BCUT2D eigenvalue weighted by Crippen LogP contribution is 2.56. The van der Waals surface area contributed by atoms with Gasteiger partial charge in [0.25, 0.3) is 0 Å². The number of fused-ring (bicyclic) bond motifs is 12. The van der Waals surface area contributed by atoms with Gasteiger partial charge in [-0.05, 0) is 120 Å². The monoisotopic (exact) mass is 670 g/mol. The number of allylic oxidation sites excluding steroid dienone is 12. The molecule has 3 aromatic heterocycles. The quantitative estimate of drug-likeness (QED) is 0.234. The van der Waals surface area contributed by atoms with E-state index in [4.69, 9.17) is 9.97 Å². The Morgan fingerprint density at radius 1 is 0.333 bits per heavy atom.